The van der Waals surface area contributed by atoms with Crippen molar-refractivity contribution in [2.45, 2.75) is 24.9 Å². The van der Waals surface area contributed by atoms with Gasteiger partial charge in [-0.15, -0.1) is 0 Å². The SMILES string of the molecule is N#Cc1cnc2c(Cl)cc(N[C@@H](/C(=C/NC3CCNCC3)N=N)c3ccc(F)cc3)cc2c1Nc1ccc(F)c(Cl)c1. The molecule has 3 aromatic carbocycles. The summed E-state index contributed by atoms with van der Waals surface area (Å²) in [7, 11) is 0. The summed E-state index contributed by atoms with van der Waals surface area (Å²) in [6.45, 7) is 1.79. The van der Waals surface area contributed by atoms with Crippen LogP contribution in [0.15, 0.2) is 77.8 Å². The Kier molecular flexibility index (Phi) is 9.12. The fourth-order valence-corrected chi connectivity index (χ4v) is 5.25. The first-order valence-corrected chi connectivity index (χ1v) is 13.9. The Morgan fingerprint density at radius 1 is 1.07 bits per heavy atom. The number of hydrogen-bond acceptors (Lipinski definition) is 8. The highest BCUT2D eigenvalue weighted by molar-refractivity contribution is 6.36. The molecule has 1 saturated heterocycles. The maximum Gasteiger partial charge on any atom is 0.141 e. The minimum absolute atomic E-state index is 0.0732. The second kappa shape index (κ2) is 13.1. The van der Waals surface area contributed by atoms with Crippen molar-refractivity contribution in [2.24, 2.45) is 5.11 Å². The van der Waals surface area contributed by atoms with Crippen LogP contribution in [-0.4, -0.2) is 24.1 Å². The molecule has 5 rings (SSSR count). The van der Waals surface area contributed by atoms with Crippen LogP contribution in [0.2, 0.25) is 10.0 Å². The molecule has 0 unspecified atom stereocenters. The molecule has 0 radical (unpaired) electrons. The molecule has 214 valence electrons. The van der Waals surface area contributed by atoms with E-state index in [0.717, 1.165) is 25.9 Å². The molecule has 1 fully saturated rings. The van der Waals surface area contributed by atoms with Crippen molar-refractivity contribution in [2.75, 3.05) is 23.7 Å². The smallest absolute Gasteiger partial charge is 0.141 e. The number of nitrogens with zero attached hydrogens (tertiary/aromatic N) is 3. The van der Waals surface area contributed by atoms with E-state index in [0.29, 0.717) is 44.2 Å². The predicted molar refractivity (Wildman–Crippen MR) is 161 cm³/mol. The van der Waals surface area contributed by atoms with E-state index in [1.165, 1.54) is 36.5 Å². The van der Waals surface area contributed by atoms with Gasteiger partial charge in [0.2, 0.25) is 0 Å². The molecule has 1 aliphatic heterocycles. The van der Waals surface area contributed by atoms with Gasteiger partial charge >= 0.3 is 0 Å². The lowest BCUT2D eigenvalue weighted by molar-refractivity contribution is 0.418. The summed E-state index contributed by atoms with van der Waals surface area (Å²) in [5, 5.41) is 27.6. The number of benzene rings is 3. The molecular formula is C30H26Cl2F2N8. The highest BCUT2D eigenvalue weighted by atomic mass is 35.5. The minimum atomic E-state index is -0.648. The number of hydrogen-bond donors (Lipinski definition) is 5. The van der Waals surface area contributed by atoms with Gasteiger partial charge in [0.05, 0.1) is 32.9 Å². The maximum atomic E-state index is 13.8. The number of halogens is 4. The fourth-order valence-electron chi connectivity index (χ4n) is 4.80. The molecule has 1 aliphatic rings. The van der Waals surface area contributed by atoms with Gasteiger partial charge in [0.25, 0.3) is 0 Å². The van der Waals surface area contributed by atoms with E-state index in [1.807, 2.05) is 0 Å². The Morgan fingerprint density at radius 3 is 2.50 bits per heavy atom. The van der Waals surface area contributed by atoms with Crippen molar-refractivity contribution in [3.8, 4) is 6.07 Å². The van der Waals surface area contributed by atoms with Crippen molar-refractivity contribution in [3.05, 3.63) is 105 Å². The third-order valence-corrected chi connectivity index (χ3v) is 7.56. The molecule has 0 spiro atoms. The fraction of sp³-hybridized carbons (Fsp3) is 0.200. The molecule has 0 saturated carbocycles. The van der Waals surface area contributed by atoms with Crippen LogP contribution in [0, 0.1) is 28.5 Å². The van der Waals surface area contributed by atoms with Gasteiger partial charge in [0.1, 0.15) is 23.4 Å². The average molecular weight is 607 g/mol. The van der Waals surface area contributed by atoms with Gasteiger partial charge in [-0.2, -0.15) is 10.4 Å². The van der Waals surface area contributed by atoms with Crippen LogP contribution in [0.1, 0.15) is 30.0 Å². The topological polar surface area (TPSA) is 121 Å². The highest BCUT2D eigenvalue weighted by Crippen LogP contribution is 2.37. The minimum Gasteiger partial charge on any atom is -0.386 e. The summed E-state index contributed by atoms with van der Waals surface area (Å²) in [5.74, 6) is -0.957. The van der Waals surface area contributed by atoms with E-state index in [2.05, 4.69) is 37.4 Å². The van der Waals surface area contributed by atoms with Crippen LogP contribution >= 0.6 is 23.2 Å². The molecule has 4 aromatic rings. The van der Waals surface area contributed by atoms with Crippen molar-refractivity contribution in [3.63, 3.8) is 0 Å². The zero-order valence-electron chi connectivity index (χ0n) is 22.2. The number of pyridine rings is 1. The largest absolute Gasteiger partial charge is 0.386 e. The van der Waals surface area contributed by atoms with Gasteiger partial charge in [0.15, 0.2) is 0 Å². The first kappa shape index (κ1) is 29.2. The van der Waals surface area contributed by atoms with E-state index in [1.54, 1.807) is 30.5 Å². The molecule has 5 N–H and O–H groups in total. The molecule has 42 heavy (non-hydrogen) atoms. The molecule has 0 bridgehead atoms. The number of nitrogens with one attached hydrogen (secondary N) is 5. The van der Waals surface area contributed by atoms with Crippen LogP contribution in [0.25, 0.3) is 10.9 Å². The lowest BCUT2D eigenvalue weighted by Gasteiger charge is -2.25. The first-order chi connectivity index (χ1) is 20.4. The van der Waals surface area contributed by atoms with Crippen LogP contribution in [0.3, 0.4) is 0 Å². The quantitative estimate of drug-likeness (QED) is 0.124. The predicted octanol–water partition coefficient (Wildman–Crippen LogP) is 7.80. The summed E-state index contributed by atoms with van der Waals surface area (Å²) >= 11 is 12.7. The summed E-state index contributed by atoms with van der Waals surface area (Å²) in [5.41, 5.74) is 11.1. The lowest BCUT2D eigenvalue weighted by Crippen LogP contribution is -2.38. The van der Waals surface area contributed by atoms with Gasteiger partial charge < -0.3 is 21.3 Å². The van der Waals surface area contributed by atoms with Crippen LogP contribution in [-0.2, 0) is 0 Å². The Bertz CT molecular complexity index is 1680. The van der Waals surface area contributed by atoms with Gasteiger partial charge in [-0.25, -0.2) is 14.3 Å². The molecule has 8 nitrogen and oxygen atoms in total. The molecule has 2 heterocycles. The number of anilines is 3. The Balaban J connectivity index is 1.56. The van der Waals surface area contributed by atoms with E-state index in [9.17, 15) is 14.0 Å². The van der Waals surface area contributed by atoms with Crippen molar-refractivity contribution in [1.29, 1.82) is 10.8 Å². The molecule has 1 aromatic heterocycles. The van der Waals surface area contributed by atoms with Crippen molar-refractivity contribution < 1.29 is 8.78 Å². The number of piperidine rings is 1. The standard InChI is InChI=1S/C30H26Cl2F2N8/c31-24-12-21(5-6-26(24)34)40-28-18(14-35)15-39-30-23(28)11-22(13-25(30)32)41-29(17-1-3-19(33)4-2-17)27(42-36)16-38-20-7-9-37-10-8-20/h1-6,11-13,15-16,20,29,36-38,41H,7-10H2,(H,39,40)/b27-16-,42-36?/t29-/m1/s1. The number of nitriles is 1. The third kappa shape index (κ3) is 6.60. The van der Waals surface area contributed by atoms with Crippen LogP contribution < -0.4 is 21.3 Å². The van der Waals surface area contributed by atoms with E-state index in [4.69, 9.17) is 28.7 Å². The third-order valence-electron chi connectivity index (χ3n) is 6.98. The molecule has 1 atom stereocenters. The zero-order valence-corrected chi connectivity index (χ0v) is 23.7. The second-order valence-corrected chi connectivity index (χ2v) is 10.6. The molecular weight excluding hydrogens is 581 g/mol. The van der Waals surface area contributed by atoms with Gasteiger partial charge in [-0.3, -0.25) is 4.98 Å². The Labute approximate surface area is 251 Å². The van der Waals surface area contributed by atoms with Crippen molar-refractivity contribution >= 4 is 51.2 Å². The molecule has 0 amide bonds. The number of rotatable bonds is 9. The Hall–Kier alpha value is -4.30. The number of fused-ring (bicyclic) bond motifs is 1. The van der Waals surface area contributed by atoms with Crippen molar-refractivity contribution in [1.82, 2.24) is 15.6 Å². The van der Waals surface area contributed by atoms with Gasteiger partial charge in [-0.05, 0) is 74.0 Å². The second-order valence-electron chi connectivity index (χ2n) is 9.77. The average Bonchev–Trinajstić information content (AvgIpc) is 3.00. The van der Waals surface area contributed by atoms with Crippen LogP contribution in [0.5, 0.6) is 0 Å². The van der Waals surface area contributed by atoms with Gasteiger partial charge in [-0.1, -0.05) is 35.3 Å². The van der Waals surface area contributed by atoms with E-state index >= 15 is 0 Å². The molecule has 12 heteroatoms. The maximum absolute atomic E-state index is 13.8. The monoisotopic (exact) mass is 606 g/mol. The number of aromatic nitrogens is 1. The summed E-state index contributed by atoms with van der Waals surface area (Å²) in [6, 6.07) is 15.2. The highest BCUT2D eigenvalue weighted by Gasteiger charge is 2.21. The normalized spacial score (nSPS) is 14.7. The summed E-state index contributed by atoms with van der Waals surface area (Å²) in [4.78, 5) is 4.38. The van der Waals surface area contributed by atoms with Crippen LogP contribution in [0.4, 0.5) is 25.8 Å². The summed E-state index contributed by atoms with van der Waals surface area (Å²) in [6.07, 6.45) is 4.98. The van der Waals surface area contributed by atoms with Gasteiger partial charge in [0, 0.05) is 35.2 Å². The zero-order chi connectivity index (χ0) is 29.6. The summed E-state index contributed by atoms with van der Waals surface area (Å²) < 4.78 is 27.6. The first-order valence-electron chi connectivity index (χ1n) is 13.2. The van der Waals surface area contributed by atoms with E-state index < -0.39 is 11.9 Å². The Morgan fingerprint density at radius 2 is 1.81 bits per heavy atom. The lowest BCUT2D eigenvalue weighted by atomic mass is 10.0. The molecule has 0 aliphatic carbocycles. The van der Waals surface area contributed by atoms with E-state index in [-0.39, 0.29) is 22.4 Å².